The number of carbonyl (C=O) groups excluding carboxylic acids is 2. The molecule has 1 saturated heterocycles. The molecule has 82 valence electrons. The van der Waals surface area contributed by atoms with Crippen LogP contribution in [0.1, 0.15) is 29.5 Å². The molecule has 0 amide bonds. The number of cyclic esters (lactones) is 2. The standard InChI is InChI=1S/C13H12O3/c1-8-2-3-9-4-5-13(10(9)6-8)7-11(14)16-12(13)15/h2-3,6H,4-5,7H2,1H3. The zero-order valence-electron chi connectivity index (χ0n) is 9.08. The fourth-order valence-electron chi connectivity index (χ4n) is 2.79. The first kappa shape index (κ1) is 9.58. The maximum Gasteiger partial charge on any atom is 0.324 e. The number of fused-ring (bicyclic) bond motifs is 2. The van der Waals surface area contributed by atoms with Crippen molar-refractivity contribution in [3.63, 3.8) is 0 Å². The summed E-state index contributed by atoms with van der Waals surface area (Å²) in [5, 5.41) is 0. The minimum absolute atomic E-state index is 0.211. The molecule has 1 aromatic carbocycles. The van der Waals surface area contributed by atoms with Crippen LogP contribution < -0.4 is 0 Å². The fourth-order valence-corrected chi connectivity index (χ4v) is 2.79. The van der Waals surface area contributed by atoms with Gasteiger partial charge in [-0.25, -0.2) is 0 Å². The molecular formula is C13H12O3. The Balaban J connectivity index is 2.18. The van der Waals surface area contributed by atoms with Crippen molar-refractivity contribution in [3.8, 4) is 0 Å². The van der Waals surface area contributed by atoms with E-state index >= 15 is 0 Å². The molecule has 1 spiro atoms. The highest BCUT2D eigenvalue weighted by Gasteiger charge is 2.53. The minimum atomic E-state index is -0.668. The van der Waals surface area contributed by atoms with Gasteiger partial charge < -0.3 is 4.74 Å². The Morgan fingerprint density at radius 1 is 1.31 bits per heavy atom. The van der Waals surface area contributed by atoms with Gasteiger partial charge >= 0.3 is 11.9 Å². The Labute approximate surface area is 93.4 Å². The summed E-state index contributed by atoms with van der Waals surface area (Å²) in [5.41, 5.74) is 2.63. The third-order valence-corrected chi connectivity index (χ3v) is 3.65. The predicted octanol–water partition coefficient (Wildman–Crippen LogP) is 1.65. The molecule has 16 heavy (non-hydrogen) atoms. The van der Waals surface area contributed by atoms with E-state index in [2.05, 4.69) is 6.07 Å². The second-order valence-electron chi connectivity index (χ2n) is 4.68. The summed E-state index contributed by atoms with van der Waals surface area (Å²) in [5.74, 6) is -0.749. The highest BCUT2D eigenvalue weighted by molar-refractivity contribution is 6.02. The second-order valence-corrected chi connectivity index (χ2v) is 4.68. The van der Waals surface area contributed by atoms with Gasteiger partial charge in [-0.2, -0.15) is 0 Å². The second kappa shape index (κ2) is 2.94. The summed E-state index contributed by atoms with van der Waals surface area (Å²) in [6, 6.07) is 6.11. The van der Waals surface area contributed by atoms with Crippen molar-refractivity contribution in [1.29, 1.82) is 0 Å². The normalized spacial score (nSPS) is 27.3. The van der Waals surface area contributed by atoms with Crippen LogP contribution in [0.3, 0.4) is 0 Å². The van der Waals surface area contributed by atoms with Crippen molar-refractivity contribution in [2.45, 2.75) is 31.6 Å². The Hall–Kier alpha value is -1.64. The third-order valence-electron chi connectivity index (χ3n) is 3.65. The molecule has 3 heteroatoms. The molecule has 1 heterocycles. The molecule has 1 atom stereocenters. The number of hydrogen-bond donors (Lipinski definition) is 0. The van der Waals surface area contributed by atoms with E-state index in [1.54, 1.807) is 0 Å². The lowest BCUT2D eigenvalue weighted by Gasteiger charge is -2.18. The fraction of sp³-hybridized carbons (Fsp3) is 0.385. The molecule has 3 rings (SSSR count). The average Bonchev–Trinajstić information content (AvgIpc) is 2.71. The van der Waals surface area contributed by atoms with Gasteiger partial charge in [0, 0.05) is 0 Å². The van der Waals surface area contributed by atoms with E-state index in [1.807, 2.05) is 19.1 Å². The van der Waals surface area contributed by atoms with Gasteiger partial charge in [-0.1, -0.05) is 23.8 Å². The summed E-state index contributed by atoms with van der Waals surface area (Å²) in [6.45, 7) is 1.99. The molecule has 1 unspecified atom stereocenters. The van der Waals surface area contributed by atoms with Gasteiger partial charge in [-0.3, -0.25) is 9.59 Å². The summed E-state index contributed by atoms with van der Waals surface area (Å²) in [7, 11) is 0. The van der Waals surface area contributed by atoms with Crippen LogP contribution in [-0.4, -0.2) is 11.9 Å². The lowest BCUT2D eigenvalue weighted by atomic mass is 9.80. The van der Waals surface area contributed by atoms with Crippen LogP contribution in [0.2, 0.25) is 0 Å². The SMILES string of the molecule is Cc1ccc2c(c1)C1(CC2)CC(=O)OC1=O. The molecule has 0 N–H and O–H groups in total. The molecular weight excluding hydrogens is 204 g/mol. The molecule has 1 aliphatic carbocycles. The zero-order valence-corrected chi connectivity index (χ0v) is 9.08. The Morgan fingerprint density at radius 3 is 2.81 bits per heavy atom. The number of rotatable bonds is 0. The molecule has 2 aliphatic rings. The first-order valence-corrected chi connectivity index (χ1v) is 5.47. The third kappa shape index (κ3) is 1.08. The lowest BCUT2D eigenvalue weighted by Crippen LogP contribution is -2.28. The van der Waals surface area contributed by atoms with Crippen LogP contribution in [0.4, 0.5) is 0 Å². The van der Waals surface area contributed by atoms with E-state index in [-0.39, 0.29) is 18.4 Å². The van der Waals surface area contributed by atoms with Crippen LogP contribution in [-0.2, 0) is 26.2 Å². The van der Waals surface area contributed by atoms with Crippen molar-refractivity contribution in [1.82, 2.24) is 0 Å². The molecule has 0 saturated carbocycles. The topological polar surface area (TPSA) is 43.4 Å². The van der Waals surface area contributed by atoms with E-state index < -0.39 is 5.41 Å². The highest BCUT2D eigenvalue weighted by atomic mass is 16.6. The Kier molecular flexibility index (Phi) is 1.76. The number of carbonyl (C=O) groups is 2. The van der Waals surface area contributed by atoms with Gasteiger partial charge in [0.2, 0.25) is 0 Å². The van der Waals surface area contributed by atoms with Crippen LogP contribution in [0.15, 0.2) is 18.2 Å². The van der Waals surface area contributed by atoms with Crippen LogP contribution in [0.5, 0.6) is 0 Å². The molecule has 1 aliphatic heterocycles. The molecule has 1 aromatic rings. The minimum Gasteiger partial charge on any atom is -0.392 e. The number of aryl methyl sites for hydroxylation is 2. The highest BCUT2D eigenvalue weighted by Crippen LogP contribution is 2.46. The van der Waals surface area contributed by atoms with E-state index in [1.165, 1.54) is 5.56 Å². The van der Waals surface area contributed by atoms with Crippen molar-refractivity contribution < 1.29 is 14.3 Å². The first-order valence-electron chi connectivity index (χ1n) is 5.47. The smallest absolute Gasteiger partial charge is 0.324 e. The molecule has 0 radical (unpaired) electrons. The van der Waals surface area contributed by atoms with E-state index in [0.717, 1.165) is 17.5 Å². The Morgan fingerprint density at radius 2 is 2.12 bits per heavy atom. The van der Waals surface area contributed by atoms with E-state index in [9.17, 15) is 9.59 Å². The first-order chi connectivity index (χ1) is 7.62. The molecule has 0 aromatic heterocycles. The van der Waals surface area contributed by atoms with Gasteiger partial charge in [-0.05, 0) is 30.9 Å². The monoisotopic (exact) mass is 216 g/mol. The lowest BCUT2D eigenvalue weighted by molar-refractivity contribution is -0.153. The summed E-state index contributed by atoms with van der Waals surface area (Å²) < 4.78 is 4.72. The number of hydrogen-bond acceptors (Lipinski definition) is 3. The number of ether oxygens (including phenoxy) is 1. The van der Waals surface area contributed by atoms with Crippen LogP contribution >= 0.6 is 0 Å². The molecule has 3 nitrogen and oxygen atoms in total. The van der Waals surface area contributed by atoms with Gasteiger partial charge in [-0.15, -0.1) is 0 Å². The van der Waals surface area contributed by atoms with E-state index in [0.29, 0.717) is 6.42 Å². The number of benzene rings is 1. The molecule has 1 fully saturated rings. The maximum atomic E-state index is 11.8. The van der Waals surface area contributed by atoms with Crippen molar-refractivity contribution in [2.75, 3.05) is 0 Å². The summed E-state index contributed by atoms with van der Waals surface area (Å²) >= 11 is 0. The van der Waals surface area contributed by atoms with E-state index in [4.69, 9.17) is 4.74 Å². The quantitative estimate of drug-likeness (QED) is 0.489. The summed E-state index contributed by atoms with van der Waals surface area (Å²) in [6.07, 6.45) is 1.77. The van der Waals surface area contributed by atoms with Gasteiger partial charge in [0.15, 0.2) is 0 Å². The van der Waals surface area contributed by atoms with Crippen molar-refractivity contribution in [3.05, 3.63) is 34.9 Å². The van der Waals surface area contributed by atoms with Crippen LogP contribution in [0.25, 0.3) is 0 Å². The average molecular weight is 216 g/mol. The predicted molar refractivity (Wildman–Crippen MR) is 56.9 cm³/mol. The van der Waals surface area contributed by atoms with Gasteiger partial charge in [0.25, 0.3) is 0 Å². The van der Waals surface area contributed by atoms with Gasteiger partial charge in [0.05, 0.1) is 6.42 Å². The van der Waals surface area contributed by atoms with Crippen molar-refractivity contribution in [2.24, 2.45) is 0 Å². The van der Waals surface area contributed by atoms with Crippen molar-refractivity contribution >= 4 is 11.9 Å². The molecule has 0 bridgehead atoms. The maximum absolute atomic E-state index is 11.8. The summed E-state index contributed by atoms with van der Waals surface area (Å²) in [4.78, 5) is 23.1. The largest absolute Gasteiger partial charge is 0.392 e. The van der Waals surface area contributed by atoms with Crippen LogP contribution in [0, 0.1) is 6.92 Å². The zero-order chi connectivity index (χ0) is 11.3. The Bertz CT molecular complexity index is 504. The number of esters is 2. The van der Waals surface area contributed by atoms with Gasteiger partial charge in [0.1, 0.15) is 5.41 Å².